The van der Waals surface area contributed by atoms with E-state index in [0.29, 0.717) is 24.6 Å². The van der Waals surface area contributed by atoms with E-state index >= 15 is 0 Å². The summed E-state index contributed by atoms with van der Waals surface area (Å²) in [6.45, 7) is 9.42. The van der Waals surface area contributed by atoms with Crippen molar-refractivity contribution in [1.82, 2.24) is 5.32 Å². The average Bonchev–Trinajstić information content (AvgIpc) is 2.65. The standard InChI is InChI=1S/C23H31NO3/c1-6-27-21-12-8-7-10-18(21)11-9-13-24-23(25)20-15-19(16(2)3)22(26-5)14-17(20)4/h7-8,10,12,14-16H,6,9,11,13H2,1-5H3,(H,24,25). The van der Waals surface area contributed by atoms with Gasteiger partial charge in [-0.1, -0.05) is 32.0 Å². The van der Waals surface area contributed by atoms with Crippen LogP contribution in [0.15, 0.2) is 36.4 Å². The zero-order valence-corrected chi connectivity index (χ0v) is 17.1. The van der Waals surface area contributed by atoms with Crippen LogP contribution in [0.4, 0.5) is 0 Å². The van der Waals surface area contributed by atoms with Gasteiger partial charge in [0.25, 0.3) is 5.91 Å². The highest BCUT2D eigenvalue weighted by Gasteiger charge is 2.15. The fourth-order valence-electron chi connectivity index (χ4n) is 3.15. The largest absolute Gasteiger partial charge is 0.496 e. The van der Waals surface area contributed by atoms with Gasteiger partial charge in [0.2, 0.25) is 0 Å². The molecule has 0 saturated carbocycles. The van der Waals surface area contributed by atoms with Crippen LogP contribution in [0, 0.1) is 6.92 Å². The van der Waals surface area contributed by atoms with Crippen molar-refractivity contribution in [2.75, 3.05) is 20.3 Å². The number of benzene rings is 2. The van der Waals surface area contributed by atoms with Gasteiger partial charge in [0, 0.05) is 12.1 Å². The maximum atomic E-state index is 12.6. The minimum Gasteiger partial charge on any atom is -0.496 e. The second-order valence-electron chi connectivity index (χ2n) is 6.96. The van der Waals surface area contributed by atoms with Crippen LogP contribution in [0.25, 0.3) is 0 Å². The lowest BCUT2D eigenvalue weighted by Gasteiger charge is -2.16. The molecule has 27 heavy (non-hydrogen) atoms. The Morgan fingerprint density at radius 3 is 2.56 bits per heavy atom. The molecule has 0 unspecified atom stereocenters. The molecule has 0 bridgehead atoms. The van der Waals surface area contributed by atoms with E-state index in [1.54, 1.807) is 7.11 Å². The predicted octanol–water partition coefficient (Wildman–Crippen LogP) is 4.89. The number of amides is 1. The van der Waals surface area contributed by atoms with Crippen molar-refractivity contribution in [3.05, 3.63) is 58.7 Å². The fourth-order valence-corrected chi connectivity index (χ4v) is 3.15. The van der Waals surface area contributed by atoms with Crippen molar-refractivity contribution >= 4 is 5.91 Å². The predicted molar refractivity (Wildman–Crippen MR) is 110 cm³/mol. The number of ether oxygens (including phenoxy) is 2. The maximum absolute atomic E-state index is 12.6. The molecule has 0 fully saturated rings. The molecule has 0 aliphatic heterocycles. The quantitative estimate of drug-likeness (QED) is 0.640. The molecule has 0 heterocycles. The van der Waals surface area contributed by atoms with E-state index < -0.39 is 0 Å². The zero-order valence-electron chi connectivity index (χ0n) is 17.1. The normalized spacial score (nSPS) is 10.7. The van der Waals surface area contributed by atoms with Gasteiger partial charge in [-0.3, -0.25) is 4.79 Å². The molecule has 0 aromatic heterocycles. The highest BCUT2D eigenvalue weighted by molar-refractivity contribution is 5.96. The first-order chi connectivity index (χ1) is 13.0. The van der Waals surface area contributed by atoms with Gasteiger partial charge in [-0.2, -0.15) is 0 Å². The lowest BCUT2D eigenvalue weighted by molar-refractivity contribution is 0.0952. The van der Waals surface area contributed by atoms with E-state index in [4.69, 9.17) is 9.47 Å². The summed E-state index contributed by atoms with van der Waals surface area (Å²) in [5.41, 5.74) is 3.87. The topological polar surface area (TPSA) is 47.6 Å². The van der Waals surface area contributed by atoms with E-state index in [0.717, 1.165) is 35.5 Å². The third-order valence-electron chi connectivity index (χ3n) is 4.62. The van der Waals surface area contributed by atoms with Crippen molar-refractivity contribution in [1.29, 1.82) is 0 Å². The number of methoxy groups -OCH3 is 1. The Morgan fingerprint density at radius 2 is 1.89 bits per heavy atom. The van der Waals surface area contributed by atoms with Crippen LogP contribution in [-0.2, 0) is 6.42 Å². The van der Waals surface area contributed by atoms with Crippen molar-refractivity contribution in [2.24, 2.45) is 0 Å². The van der Waals surface area contributed by atoms with Crippen LogP contribution in [-0.4, -0.2) is 26.2 Å². The fraction of sp³-hybridized carbons (Fsp3) is 0.435. The third kappa shape index (κ3) is 5.49. The molecular weight excluding hydrogens is 338 g/mol. The molecular formula is C23H31NO3. The summed E-state index contributed by atoms with van der Waals surface area (Å²) in [5, 5.41) is 3.04. The molecule has 0 saturated heterocycles. The number of hydrogen-bond acceptors (Lipinski definition) is 3. The van der Waals surface area contributed by atoms with Crippen molar-refractivity contribution < 1.29 is 14.3 Å². The first-order valence-electron chi connectivity index (χ1n) is 9.65. The van der Waals surface area contributed by atoms with E-state index in [1.807, 2.05) is 44.2 Å². The van der Waals surface area contributed by atoms with Gasteiger partial charge in [0.15, 0.2) is 0 Å². The Morgan fingerprint density at radius 1 is 1.15 bits per heavy atom. The summed E-state index contributed by atoms with van der Waals surface area (Å²) in [4.78, 5) is 12.6. The number of carbonyl (C=O) groups excluding carboxylic acids is 1. The van der Waals surface area contributed by atoms with Crippen LogP contribution < -0.4 is 14.8 Å². The van der Waals surface area contributed by atoms with Crippen LogP contribution >= 0.6 is 0 Å². The molecule has 4 nitrogen and oxygen atoms in total. The van der Waals surface area contributed by atoms with Gasteiger partial charge in [0.1, 0.15) is 11.5 Å². The van der Waals surface area contributed by atoms with Crippen molar-refractivity contribution in [3.8, 4) is 11.5 Å². The van der Waals surface area contributed by atoms with Gasteiger partial charge in [-0.25, -0.2) is 0 Å². The number of hydrogen-bond donors (Lipinski definition) is 1. The summed E-state index contributed by atoms with van der Waals surface area (Å²) in [7, 11) is 1.67. The number of nitrogens with one attached hydrogen (secondary N) is 1. The van der Waals surface area contributed by atoms with E-state index in [1.165, 1.54) is 5.56 Å². The molecule has 2 aromatic carbocycles. The van der Waals surface area contributed by atoms with Gasteiger partial charge in [-0.15, -0.1) is 0 Å². The SMILES string of the molecule is CCOc1ccccc1CCCNC(=O)c1cc(C(C)C)c(OC)cc1C. The summed E-state index contributed by atoms with van der Waals surface area (Å²) < 4.78 is 11.1. The molecule has 1 N–H and O–H groups in total. The van der Waals surface area contributed by atoms with Gasteiger partial charge < -0.3 is 14.8 Å². The average molecular weight is 370 g/mol. The Bertz CT molecular complexity index is 768. The maximum Gasteiger partial charge on any atom is 0.251 e. The minimum atomic E-state index is -0.0323. The summed E-state index contributed by atoms with van der Waals surface area (Å²) >= 11 is 0. The van der Waals surface area contributed by atoms with E-state index in [2.05, 4.69) is 25.2 Å². The molecule has 0 atom stereocenters. The van der Waals surface area contributed by atoms with Gasteiger partial charge in [0.05, 0.1) is 13.7 Å². The highest BCUT2D eigenvalue weighted by Crippen LogP contribution is 2.29. The first kappa shape index (κ1) is 20.8. The monoisotopic (exact) mass is 369 g/mol. The molecule has 2 rings (SSSR count). The summed E-state index contributed by atoms with van der Waals surface area (Å²) in [5.74, 6) is 2.03. The zero-order chi connectivity index (χ0) is 19.8. The first-order valence-corrected chi connectivity index (χ1v) is 9.65. The molecule has 0 spiro atoms. The molecule has 0 aliphatic carbocycles. The molecule has 1 amide bonds. The molecule has 0 radical (unpaired) electrons. The second kappa shape index (κ2) is 10.0. The number of rotatable bonds is 9. The summed E-state index contributed by atoms with van der Waals surface area (Å²) in [6, 6.07) is 12.0. The van der Waals surface area contributed by atoms with Gasteiger partial charge >= 0.3 is 0 Å². The highest BCUT2D eigenvalue weighted by atomic mass is 16.5. The smallest absolute Gasteiger partial charge is 0.251 e. The minimum absolute atomic E-state index is 0.0323. The number of para-hydroxylation sites is 1. The lowest BCUT2D eigenvalue weighted by Crippen LogP contribution is -2.25. The van der Waals surface area contributed by atoms with Crippen LogP contribution in [0.3, 0.4) is 0 Å². The second-order valence-corrected chi connectivity index (χ2v) is 6.96. The van der Waals surface area contributed by atoms with Crippen LogP contribution in [0.1, 0.15) is 60.2 Å². The molecule has 4 heteroatoms. The molecule has 146 valence electrons. The Kier molecular flexibility index (Phi) is 7.71. The van der Waals surface area contributed by atoms with Crippen LogP contribution in [0.2, 0.25) is 0 Å². The van der Waals surface area contributed by atoms with Crippen molar-refractivity contribution in [3.63, 3.8) is 0 Å². The Balaban J connectivity index is 1.97. The lowest BCUT2D eigenvalue weighted by atomic mass is 9.96. The summed E-state index contributed by atoms with van der Waals surface area (Å²) in [6.07, 6.45) is 1.73. The molecule has 0 aliphatic rings. The van der Waals surface area contributed by atoms with E-state index in [-0.39, 0.29) is 5.91 Å². The Hall–Kier alpha value is -2.49. The third-order valence-corrected chi connectivity index (χ3v) is 4.62. The number of aryl methyl sites for hydroxylation is 2. The van der Waals surface area contributed by atoms with Crippen LogP contribution in [0.5, 0.6) is 11.5 Å². The molecule has 2 aromatic rings. The van der Waals surface area contributed by atoms with E-state index in [9.17, 15) is 4.79 Å². The number of carbonyl (C=O) groups is 1. The van der Waals surface area contributed by atoms with Gasteiger partial charge in [-0.05, 0) is 67.5 Å². The van der Waals surface area contributed by atoms with Crippen molar-refractivity contribution in [2.45, 2.75) is 46.5 Å². The Labute approximate surface area is 162 Å².